The van der Waals surface area contributed by atoms with Gasteiger partial charge in [0.25, 0.3) is 0 Å². The third-order valence-electron chi connectivity index (χ3n) is 6.50. The van der Waals surface area contributed by atoms with Crippen molar-refractivity contribution in [2.24, 2.45) is 5.92 Å². The van der Waals surface area contributed by atoms with Gasteiger partial charge in [-0.25, -0.2) is 4.79 Å². The Morgan fingerprint density at radius 1 is 0.810 bits per heavy atom. The van der Waals surface area contributed by atoms with E-state index in [0.717, 1.165) is 46.0 Å². The third-order valence-corrected chi connectivity index (χ3v) is 6.50. The van der Waals surface area contributed by atoms with E-state index in [2.05, 4.69) is 41.0 Å². The highest BCUT2D eigenvalue weighted by molar-refractivity contribution is 5.74. The standard InChI is InChI=1S/C35H44N2O5/c1-34(2,3)41-32(38)20-28-11-7-8-13-31(28)40-23-26-17-29(19-30(18-26)36-21-24-14-15-24)27-12-9-10-25(16-27)22-37-33(39)42-35(4,5)6/h7-13,16-19,24,36H,14-15,20-23H2,1-6H3,(H,37,39). The minimum absolute atomic E-state index is 0.145. The van der Waals surface area contributed by atoms with Crippen LogP contribution in [-0.2, 0) is 33.8 Å². The van der Waals surface area contributed by atoms with Gasteiger partial charge in [-0.05, 0) is 113 Å². The predicted octanol–water partition coefficient (Wildman–Crippen LogP) is 7.66. The van der Waals surface area contributed by atoms with Gasteiger partial charge >= 0.3 is 12.1 Å². The van der Waals surface area contributed by atoms with Crippen LogP contribution < -0.4 is 15.4 Å². The number of esters is 1. The summed E-state index contributed by atoms with van der Waals surface area (Å²) < 4.78 is 17.2. The Kier molecular flexibility index (Phi) is 9.81. The molecule has 0 heterocycles. The van der Waals surface area contributed by atoms with Crippen molar-refractivity contribution in [1.82, 2.24) is 5.32 Å². The fourth-order valence-electron chi connectivity index (χ4n) is 4.46. The second kappa shape index (κ2) is 13.3. The zero-order valence-electron chi connectivity index (χ0n) is 25.7. The fraction of sp³-hybridized carbons (Fsp3) is 0.429. The molecule has 1 fully saturated rings. The number of para-hydroxylation sites is 1. The highest BCUT2D eigenvalue weighted by Crippen LogP contribution is 2.31. The smallest absolute Gasteiger partial charge is 0.407 e. The summed E-state index contributed by atoms with van der Waals surface area (Å²) in [6, 6.07) is 22.1. The van der Waals surface area contributed by atoms with E-state index in [1.54, 1.807) is 0 Å². The summed E-state index contributed by atoms with van der Waals surface area (Å²) in [6.45, 7) is 12.8. The lowest BCUT2D eigenvalue weighted by Gasteiger charge is -2.20. The van der Waals surface area contributed by atoms with Gasteiger partial charge in [-0.3, -0.25) is 4.79 Å². The maximum absolute atomic E-state index is 12.5. The molecule has 0 radical (unpaired) electrons. The number of rotatable bonds is 11. The third kappa shape index (κ3) is 10.4. The first kappa shape index (κ1) is 30.9. The van der Waals surface area contributed by atoms with Gasteiger partial charge in [0.05, 0.1) is 6.42 Å². The molecule has 2 N–H and O–H groups in total. The summed E-state index contributed by atoms with van der Waals surface area (Å²) >= 11 is 0. The minimum Gasteiger partial charge on any atom is -0.489 e. The van der Waals surface area contributed by atoms with Crippen LogP contribution in [0.3, 0.4) is 0 Å². The second-order valence-electron chi connectivity index (χ2n) is 13.0. The lowest BCUT2D eigenvalue weighted by atomic mass is 10.00. The average molecular weight is 573 g/mol. The Balaban J connectivity index is 1.50. The molecule has 0 atom stereocenters. The molecular weight excluding hydrogens is 528 g/mol. The van der Waals surface area contributed by atoms with Crippen LogP contribution in [0.5, 0.6) is 5.75 Å². The summed E-state index contributed by atoms with van der Waals surface area (Å²) in [6.07, 6.45) is 2.24. The van der Waals surface area contributed by atoms with Gasteiger partial charge in [0.2, 0.25) is 0 Å². The quantitative estimate of drug-likeness (QED) is 0.229. The number of benzene rings is 3. The lowest BCUT2D eigenvalue weighted by Crippen LogP contribution is -2.32. The van der Waals surface area contributed by atoms with Gasteiger partial charge < -0.3 is 24.8 Å². The van der Waals surface area contributed by atoms with Crippen LogP contribution in [0, 0.1) is 5.92 Å². The monoisotopic (exact) mass is 572 g/mol. The van der Waals surface area contributed by atoms with Crippen molar-refractivity contribution in [3.63, 3.8) is 0 Å². The maximum atomic E-state index is 12.5. The Bertz CT molecular complexity index is 1380. The van der Waals surface area contributed by atoms with Crippen molar-refractivity contribution < 1.29 is 23.8 Å². The molecule has 3 aromatic carbocycles. The van der Waals surface area contributed by atoms with Gasteiger partial charge in [0, 0.05) is 24.3 Å². The van der Waals surface area contributed by atoms with Crippen molar-refractivity contribution in [3.8, 4) is 16.9 Å². The summed E-state index contributed by atoms with van der Waals surface area (Å²) in [5.41, 5.74) is 4.82. The molecule has 0 spiro atoms. The van der Waals surface area contributed by atoms with E-state index in [4.69, 9.17) is 14.2 Å². The van der Waals surface area contributed by atoms with Crippen LogP contribution in [-0.4, -0.2) is 29.8 Å². The Hall–Kier alpha value is -4.00. The molecule has 0 saturated heterocycles. The number of ether oxygens (including phenoxy) is 3. The molecule has 7 heteroatoms. The summed E-state index contributed by atoms with van der Waals surface area (Å²) in [5, 5.41) is 6.44. The molecule has 1 aliphatic carbocycles. The molecule has 7 nitrogen and oxygen atoms in total. The average Bonchev–Trinajstić information content (AvgIpc) is 3.73. The minimum atomic E-state index is -0.547. The van der Waals surface area contributed by atoms with Crippen molar-refractivity contribution in [1.29, 1.82) is 0 Å². The van der Waals surface area contributed by atoms with E-state index in [-0.39, 0.29) is 12.4 Å². The van der Waals surface area contributed by atoms with E-state index in [1.807, 2.05) is 77.9 Å². The zero-order chi connectivity index (χ0) is 30.3. The zero-order valence-corrected chi connectivity index (χ0v) is 25.7. The van der Waals surface area contributed by atoms with Crippen LogP contribution in [0.4, 0.5) is 10.5 Å². The van der Waals surface area contributed by atoms with E-state index in [9.17, 15) is 9.59 Å². The van der Waals surface area contributed by atoms with E-state index < -0.39 is 17.3 Å². The van der Waals surface area contributed by atoms with Gasteiger partial charge in [0.15, 0.2) is 0 Å². The molecule has 1 aliphatic rings. The largest absolute Gasteiger partial charge is 0.489 e. The number of alkyl carbamates (subject to hydrolysis) is 1. The van der Waals surface area contributed by atoms with Crippen LogP contribution in [0.25, 0.3) is 11.1 Å². The Morgan fingerprint density at radius 3 is 2.24 bits per heavy atom. The van der Waals surface area contributed by atoms with Gasteiger partial charge in [-0.2, -0.15) is 0 Å². The number of hydrogen-bond acceptors (Lipinski definition) is 6. The van der Waals surface area contributed by atoms with Crippen molar-refractivity contribution in [2.45, 2.75) is 85.2 Å². The second-order valence-corrected chi connectivity index (χ2v) is 13.0. The number of carbonyl (C=O) groups excluding carboxylic acids is 2. The SMILES string of the molecule is CC(C)(C)OC(=O)Cc1ccccc1OCc1cc(NCC2CC2)cc(-c2cccc(CNC(=O)OC(C)(C)C)c2)c1. The summed E-state index contributed by atoms with van der Waals surface area (Å²) in [7, 11) is 0. The molecular formula is C35H44N2O5. The highest BCUT2D eigenvalue weighted by Gasteiger charge is 2.21. The van der Waals surface area contributed by atoms with Gasteiger partial charge in [0.1, 0.15) is 23.6 Å². The van der Waals surface area contributed by atoms with Gasteiger partial charge in [-0.15, -0.1) is 0 Å². The van der Waals surface area contributed by atoms with E-state index in [0.29, 0.717) is 18.9 Å². The highest BCUT2D eigenvalue weighted by atomic mass is 16.6. The molecule has 1 amide bonds. The predicted molar refractivity (Wildman–Crippen MR) is 166 cm³/mol. The number of nitrogens with one attached hydrogen (secondary N) is 2. The molecule has 0 bridgehead atoms. The molecule has 0 aromatic heterocycles. The summed E-state index contributed by atoms with van der Waals surface area (Å²) in [5.74, 6) is 1.11. The first-order valence-electron chi connectivity index (χ1n) is 14.7. The van der Waals surface area contributed by atoms with Crippen LogP contribution >= 0.6 is 0 Å². The molecule has 3 aromatic rings. The first-order chi connectivity index (χ1) is 19.8. The molecule has 0 aliphatic heterocycles. The fourth-order valence-corrected chi connectivity index (χ4v) is 4.46. The summed E-state index contributed by atoms with van der Waals surface area (Å²) in [4.78, 5) is 24.6. The normalized spacial score (nSPS) is 13.3. The van der Waals surface area contributed by atoms with Crippen LogP contribution in [0.1, 0.15) is 71.1 Å². The number of anilines is 1. The Labute approximate surface area is 250 Å². The van der Waals surface area contributed by atoms with E-state index >= 15 is 0 Å². The molecule has 224 valence electrons. The number of hydrogen-bond donors (Lipinski definition) is 2. The molecule has 42 heavy (non-hydrogen) atoms. The van der Waals surface area contributed by atoms with Crippen molar-refractivity contribution in [3.05, 3.63) is 83.4 Å². The topological polar surface area (TPSA) is 85.9 Å². The molecule has 4 rings (SSSR count). The number of carbonyl (C=O) groups is 2. The van der Waals surface area contributed by atoms with Crippen molar-refractivity contribution in [2.75, 3.05) is 11.9 Å². The van der Waals surface area contributed by atoms with Crippen LogP contribution in [0.15, 0.2) is 66.7 Å². The molecule has 0 unspecified atom stereocenters. The van der Waals surface area contributed by atoms with Gasteiger partial charge in [-0.1, -0.05) is 36.4 Å². The maximum Gasteiger partial charge on any atom is 0.407 e. The van der Waals surface area contributed by atoms with Crippen LogP contribution in [0.2, 0.25) is 0 Å². The Morgan fingerprint density at radius 2 is 1.52 bits per heavy atom. The number of amides is 1. The molecule has 1 saturated carbocycles. The van der Waals surface area contributed by atoms with Crippen molar-refractivity contribution >= 4 is 17.7 Å². The first-order valence-corrected chi connectivity index (χ1v) is 14.7. The van der Waals surface area contributed by atoms with E-state index in [1.165, 1.54) is 12.8 Å². The lowest BCUT2D eigenvalue weighted by molar-refractivity contribution is -0.153.